The van der Waals surface area contributed by atoms with E-state index in [0.717, 1.165) is 0 Å². The number of hydrogen-bond donors (Lipinski definition) is 0. The van der Waals surface area contributed by atoms with Gasteiger partial charge in [-0.1, -0.05) is 38.0 Å². The molecular weight excluding hydrogens is 132 g/mol. The summed E-state index contributed by atoms with van der Waals surface area (Å²) in [6, 6.07) is 0. The van der Waals surface area contributed by atoms with Crippen LogP contribution in [0, 0.1) is 5.92 Å². The molecular formula is C11H22. The Hall–Kier alpha value is -0.520. The van der Waals surface area contributed by atoms with E-state index in [9.17, 15) is 0 Å². The second kappa shape index (κ2) is 9.48. The lowest BCUT2D eigenvalue weighted by atomic mass is 10.1. The molecule has 0 aliphatic rings. The van der Waals surface area contributed by atoms with Crippen molar-refractivity contribution in [3.8, 4) is 0 Å². The second-order valence-corrected chi connectivity index (χ2v) is 2.99. The van der Waals surface area contributed by atoms with E-state index in [1.807, 2.05) is 13.0 Å². The van der Waals surface area contributed by atoms with Crippen LogP contribution in [0.15, 0.2) is 24.3 Å². The third-order valence-electron chi connectivity index (χ3n) is 1.62. The Bertz CT molecular complexity index is 105. The van der Waals surface area contributed by atoms with E-state index in [-0.39, 0.29) is 0 Å². The smallest absolute Gasteiger partial charge is 0.0267 e. The van der Waals surface area contributed by atoms with Gasteiger partial charge in [-0.3, -0.25) is 0 Å². The molecule has 0 bridgehead atoms. The summed E-state index contributed by atoms with van der Waals surface area (Å²) in [7, 11) is 0. The zero-order valence-corrected chi connectivity index (χ0v) is 8.65. The quantitative estimate of drug-likeness (QED) is 0.523. The molecule has 0 rings (SSSR count). The molecule has 0 nitrogen and oxygen atoms in total. The van der Waals surface area contributed by atoms with Crippen molar-refractivity contribution in [3.05, 3.63) is 24.3 Å². The Balaban J connectivity index is 0. The first-order chi connectivity index (χ1) is 5.08. The Morgan fingerprint density at radius 2 is 1.82 bits per heavy atom. The van der Waals surface area contributed by atoms with Crippen LogP contribution in [-0.4, -0.2) is 0 Å². The topological polar surface area (TPSA) is 0 Å². The maximum atomic E-state index is 3.63. The monoisotopic (exact) mass is 154 g/mol. The maximum absolute atomic E-state index is 3.63. The molecule has 66 valence electrons. The normalized spacial score (nSPS) is 10.6. The molecule has 0 radical (unpaired) electrons. The maximum Gasteiger partial charge on any atom is -0.0267 e. The van der Waals surface area contributed by atoms with Crippen molar-refractivity contribution >= 4 is 0 Å². The molecule has 0 heteroatoms. The molecule has 0 aromatic carbocycles. The Labute approximate surface area is 72.0 Å². The molecule has 0 saturated carbocycles. The van der Waals surface area contributed by atoms with Crippen molar-refractivity contribution in [2.45, 2.75) is 41.0 Å². The highest BCUT2D eigenvalue weighted by Crippen LogP contribution is 1.98. The first kappa shape index (κ1) is 13.1. The van der Waals surface area contributed by atoms with Gasteiger partial charge in [0.2, 0.25) is 0 Å². The molecule has 0 heterocycles. The molecule has 11 heavy (non-hydrogen) atoms. The summed E-state index contributed by atoms with van der Waals surface area (Å²) < 4.78 is 0. The first-order valence-corrected chi connectivity index (χ1v) is 4.30. The predicted molar refractivity (Wildman–Crippen MR) is 54.8 cm³/mol. The van der Waals surface area contributed by atoms with Gasteiger partial charge in [-0.2, -0.15) is 0 Å². The lowest BCUT2D eigenvalue weighted by Crippen LogP contribution is -1.80. The molecule has 0 saturated heterocycles. The fourth-order valence-corrected chi connectivity index (χ4v) is 0.167. The molecule has 1 unspecified atom stereocenters. The SMILES string of the molecule is C=CC(C)CC.CC=C(C)C. The van der Waals surface area contributed by atoms with Gasteiger partial charge in [0, 0.05) is 0 Å². The van der Waals surface area contributed by atoms with Crippen molar-refractivity contribution < 1.29 is 0 Å². The zero-order chi connectivity index (χ0) is 9.28. The van der Waals surface area contributed by atoms with E-state index in [1.54, 1.807) is 0 Å². The van der Waals surface area contributed by atoms with Crippen LogP contribution in [0.5, 0.6) is 0 Å². The van der Waals surface area contributed by atoms with Crippen molar-refractivity contribution in [3.63, 3.8) is 0 Å². The van der Waals surface area contributed by atoms with E-state index in [0.29, 0.717) is 5.92 Å². The van der Waals surface area contributed by atoms with Gasteiger partial charge in [-0.25, -0.2) is 0 Å². The van der Waals surface area contributed by atoms with E-state index < -0.39 is 0 Å². The Kier molecular flexibility index (Phi) is 11.3. The predicted octanol–water partition coefficient (Wildman–Crippen LogP) is 4.19. The minimum Gasteiger partial charge on any atom is -0.103 e. The van der Waals surface area contributed by atoms with Crippen LogP contribution in [0.1, 0.15) is 41.0 Å². The summed E-state index contributed by atoms with van der Waals surface area (Å²) in [5.41, 5.74) is 1.38. The largest absolute Gasteiger partial charge is 0.103 e. The minimum atomic E-state index is 0.699. The molecule has 0 fully saturated rings. The molecule has 0 aliphatic carbocycles. The molecule has 0 spiro atoms. The molecule has 0 aliphatic heterocycles. The van der Waals surface area contributed by atoms with Crippen LogP contribution in [0.25, 0.3) is 0 Å². The average molecular weight is 154 g/mol. The average Bonchev–Trinajstić information content (AvgIpc) is 2.04. The van der Waals surface area contributed by atoms with Crippen LogP contribution < -0.4 is 0 Å². The van der Waals surface area contributed by atoms with E-state index in [4.69, 9.17) is 0 Å². The fourth-order valence-electron chi connectivity index (χ4n) is 0.167. The Morgan fingerprint density at radius 1 is 1.45 bits per heavy atom. The zero-order valence-electron chi connectivity index (χ0n) is 8.65. The van der Waals surface area contributed by atoms with Crippen LogP contribution in [0.2, 0.25) is 0 Å². The minimum absolute atomic E-state index is 0.699. The second-order valence-electron chi connectivity index (χ2n) is 2.99. The van der Waals surface area contributed by atoms with Crippen molar-refractivity contribution in [1.82, 2.24) is 0 Å². The lowest BCUT2D eigenvalue weighted by molar-refractivity contribution is 0.700. The molecule has 0 aromatic rings. The first-order valence-electron chi connectivity index (χ1n) is 4.30. The van der Waals surface area contributed by atoms with Gasteiger partial charge in [-0.15, -0.1) is 6.58 Å². The van der Waals surface area contributed by atoms with E-state index in [2.05, 4.69) is 40.3 Å². The van der Waals surface area contributed by atoms with Gasteiger partial charge in [-0.05, 0) is 26.7 Å². The van der Waals surface area contributed by atoms with Gasteiger partial charge < -0.3 is 0 Å². The van der Waals surface area contributed by atoms with Crippen LogP contribution in [0.4, 0.5) is 0 Å². The van der Waals surface area contributed by atoms with Gasteiger partial charge in [0.05, 0.1) is 0 Å². The summed E-state index contributed by atoms with van der Waals surface area (Å²) in [6.45, 7) is 14.2. The van der Waals surface area contributed by atoms with E-state index in [1.165, 1.54) is 12.0 Å². The van der Waals surface area contributed by atoms with Gasteiger partial charge >= 0.3 is 0 Å². The summed E-state index contributed by atoms with van der Waals surface area (Å²) in [5, 5.41) is 0. The number of rotatable bonds is 2. The highest BCUT2D eigenvalue weighted by Gasteiger charge is 1.84. The summed E-state index contributed by atoms with van der Waals surface area (Å²) in [6.07, 6.45) is 5.27. The highest BCUT2D eigenvalue weighted by atomic mass is 13.9. The molecule has 0 amide bonds. The van der Waals surface area contributed by atoms with Crippen LogP contribution in [-0.2, 0) is 0 Å². The standard InChI is InChI=1S/C6H12.C5H10/c1-4-6(3)5-2;1-4-5(2)3/h4,6H,1,5H2,2-3H3;4H,1-3H3. The third kappa shape index (κ3) is 17.7. The van der Waals surface area contributed by atoms with Crippen molar-refractivity contribution in [2.24, 2.45) is 5.92 Å². The Morgan fingerprint density at radius 3 is 1.82 bits per heavy atom. The highest BCUT2D eigenvalue weighted by molar-refractivity contribution is 4.88. The van der Waals surface area contributed by atoms with E-state index >= 15 is 0 Å². The number of hydrogen-bond acceptors (Lipinski definition) is 0. The van der Waals surface area contributed by atoms with Crippen LogP contribution in [0.3, 0.4) is 0 Å². The lowest BCUT2D eigenvalue weighted by Gasteiger charge is -1.93. The summed E-state index contributed by atoms with van der Waals surface area (Å²) in [4.78, 5) is 0. The van der Waals surface area contributed by atoms with Crippen molar-refractivity contribution in [2.75, 3.05) is 0 Å². The summed E-state index contributed by atoms with van der Waals surface area (Å²) in [5.74, 6) is 0.699. The molecule has 0 N–H and O–H groups in total. The van der Waals surface area contributed by atoms with Crippen LogP contribution >= 0.6 is 0 Å². The third-order valence-corrected chi connectivity index (χ3v) is 1.62. The summed E-state index contributed by atoms with van der Waals surface area (Å²) >= 11 is 0. The van der Waals surface area contributed by atoms with Gasteiger partial charge in [0.25, 0.3) is 0 Å². The van der Waals surface area contributed by atoms with Gasteiger partial charge in [0.15, 0.2) is 0 Å². The van der Waals surface area contributed by atoms with Gasteiger partial charge in [0.1, 0.15) is 0 Å². The molecule has 1 atom stereocenters. The van der Waals surface area contributed by atoms with Crippen molar-refractivity contribution in [1.29, 1.82) is 0 Å². The molecule has 0 aromatic heterocycles. The fraction of sp³-hybridized carbons (Fsp3) is 0.636. The number of allylic oxidation sites excluding steroid dienone is 3.